The smallest absolute Gasteiger partial charge is 0.358 e. The minimum absolute atomic E-state index is 0.0834. The molecule has 0 unspecified atom stereocenters. The molecule has 1 atom stereocenters. The molecule has 0 heterocycles. The fourth-order valence-electron chi connectivity index (χ4n) is 0.312. The van der Waals surface area contributed by atoms with Gasteiger partial charge in [0.15, 0.2) is 0 Å². The Morgan fingerprint density at radius 2 is 2.40 bits per heavy atom. The predicted octanol–water partition coefficient (Wildman–Crippen LogP) is 0.801. The molecule has 0 aliphatic heterocycles. The zero-order chi connectivity index (χ0) is 8.20. The number of rotatable bonds is 2. The van der Waals surface area contributed by atoms with Gasteiger partial charge in [-0.15, -0.1) is 0 Å². The lowest BCUT2D eigenvalue weighted by Crippen LogP contribution is -2.30. The number of nitriles is 1. The number of carbonyl (C=O) groups excluding carboxylic acids is 1. The van der Waals surface area contributed by atoms with Gasteiger partial charge >= 0.3 is 5.97 Å². The maximum Gasteiger partial charge on any atom is 0.358 e. The first-order valence-electron chi connectivity index (χ1n) is 2.82. The first kappa shape index (κ1) is 8.89. The number of ether oxygens (including phenoxy) is 1. The summed E-state index contributed by atoms with van der Waals surface area (Å²) in [5.41, 5.74) is -2.50. The molecule has 0 bridgehead atoms. The van der Waals surface area contributed by atoms with Crippen LogP contribution < -0.4 is 0 Å². The highest BCUT2D eigenvalue weighted by atomic mass is 19.1. The molecule has 0 aliphatic rings. The molecule has 0 radical (unpaired) electrons. The van der Waals surface area contributed by atoms with Crippen molar-refractivity contribution in [2.45, 2.75) is 19.5 Å². The van der Waals surface area contributed by atoms with Gasteiger partial charge in [-0.1, -0.05) is 0 Å². The summed E-state index contributed by atoms with van der Waals surface area (Å²) in [6.07, 6.45) is 0. The third-order valence-electron chi connectivity index (χ3n) is 0.869. The molecule has 0 fully saturated rings. The van der Waals surface area contributed by atoms with Crippen molar-refractivity contribution in [1.29, 1.82) is 5.26 Å². The molecule has 3 nitrogen and oxygen atoms in total. The summed E-state index contributed by atoms with van der Waals surface area (Å²) in [6.45, 7) is 2.50. The molecule has 0 aliphatic carbocycles. The molecule has 0 saturated heterocycles. The van der Waals surface area contributed by atoms with E-state index in [1.165, 1.54) is 6.07 Å². The van der Waals surface area contributed by atoms with E-state index in [0.717, 1.165) is 6.92 Å². The van der Waals surface area contributed by atoms with Crippen LogP contribution in [0.3, 0.4) is 0 Å². The first-order chi connectivity index (χ1) is 4.54. The van der Waals surface area contributed by atoms with E-state index in [4.69, 9.17) is 5.26 Å². The fourth-order valence-corrected chi connectivity index (χ4v) is 0.312. The topological polar surface area (TPSA) is 50.1 Å². The van der Waals surface area contributed by atoms with E-state index in [1.54, 1.807) is 6.92 Å². The molecular weight excluding hydrogens is 137 g/mol. The SMILES string of the molecule is CCOC(=O)[C@@](C)(F)C#N. The van der Waals surface area contributed by atoms with E-state index >= 15 is 0 Å². The Morgan fingerprint density at radius 3 is 2.70 bits per heavy atom. The van der Waals surface area contributed by atoms with Crippen molar-refractivity contribution in [3.05, 3.63) is 0 Å². The summed E-state index contributed by atoms with van der Waals surface area (Å²) in [7, 11) is 0. The lowest BCUT2D eigenvalue weighted by atomic mass is 10.2. The second-order valence-electron chi connectivity index (χ2n) is 1.84. The van der Waals surface area contributed by atoms with Crippen molar-refractivity contribution in [2.24, 2.45) is 0 Å². The molecule has 0 aromatic heterocycles. The molecule has 0 amide bonds. The number of alkyl halides is 1. The van der Waals surface area contributed by atoms with E-state index in [9.17, 15) is 9.18 Å². The van der Waals surface area contributed by atoms with Crippen LogP contribution in [0.4, 0.5) is 4.39 Å². The van der Waals surface area contributed by atoms with Crippen LogP contribution in [-0.2, 0) is 9.53 Å². The van der Waals surface area contributed by atoms with E-state index in [2.05, 4.69) is 4.74 Å². The molecule has 0 rings (SSSR count). The predicted molar refractivity (Wildman–Crippen MR) is 31.8 cm³/mol. The molecule has 4 heteroatoms. The number of hydrogen-bond acceptors (Lipinski definition) is 3. The minimum atomic E-state index is -2.50. The molecule has 0 saturated carbocycles. The van der Waals surface area contributed by atoms with Gasteiger partial charge in [-0.3, -0.25) is 0 Å². The first-order valence-corrected chi connectivity index (χ1v) is 2.82. The molecule has 0 aromatic carbocycles. The fraction of sp³-hybridized carbons (Fsp3) is 0.667. The van der Waals surface area contributed by atoms with Crippen LogP contribution in [0.1, 0.15) is 13.8 Å². The Bertz CT molecular complexity index is 171. The van der Waals surface area contributed by atoms with Gasteiger partial charge in [0.2, 0.25) is 0 Å². The Balaban J connectivity index is 4.09. The van der Waals surface area contributed by atoms with Crippen LogP contribution in [0, 0.1) is 11.3 Å². The minimum Gasteiger partial charge on any atom is -0.463 e. The van der Waals surface area contributed by atoms with E-state index < -0.39 is 11.6 Å². The summed E-state index contributed by atoms with van der Waals surface area (Å²) in [6, 6.07) is 1.18. The van der Waals surface area contributed by atoms with Crippen molar-refractivity contribution in [1.82, 2.24) is 0 Å². The number of halogens is 1. The monoisotopic (exact) mass is 145 g/mol. The number of nitrogens with zero attached hydrogens (tertiary/aromatic N) is 1. The van der Waals surface area contributed by atoms with Crippen LogP contribution >= 0.6 is 0 Å². The summed E-state index contributed by atoms with van der Waals surface area (Å²) >= 11 is 0. The summed E-state index contributed by atoms with van der Waals surface area (Å²) < 4.78 is 16.8. The lowest BCUT2D eigenvalue weighted by molar-refractivity contribution is -0.152. The van der Waals surface area contributed by atoms with E-state index in [-0.39, 0.29) is 6.61 Å². The van der Waals surface area contributed by atoms with Gasteiger partial charge < -0.3 is 4.74 Å². The second kappa shape index (κ2) is 3.16. The highest BCUT2D eigenvalue weighted by Crippen LogP contribution is 2.09. The van der Waals surface area contributed by atoms with Gasteiger partial charge in [0.05, 0.1) is 6.61 Å². The van der Waals surface area contributed by atoms with Gasteiger partial charge in [-0.2, -0.15) is 5.26 Å². The Morgan fingerprint density at radius 1 is 1.90 bits per heavy atom. The highest BCUT2D eigenvalue weighted by molar-refractivity contribution is 5.82. The Kier molecular flexibility index (Phi) is 2.81. The summed E-state index contributed by atoms with van der Waals surface area (Å²) in [5.74, 6) is -1.13. The van der Waals surface area contributed by atoms with Gasteiger partial charge in [0.25, 0.3) is 5.67 Å². The largest absolute Gasteiger partial charge is 0.463 e. The molecule has 0 aromatic rings. The van der Waals surface area contributed by atoms with Gasteiger partial charge in [-0.25, -0.2) is 9.18 Å². The zero-order valence-electron chi connectivity index (χ0n) is 5.85. The summed E-state index contributed by atoms with van der Waals surface area (Å²) in [4.78, 5) is 10.5. The average Bonchev–Trinajstić information content (AvgIpc) is 1.89. The Hall–Kier alpha value is -1.11. The summed E-state index contributed by atoms with van der Waals surface area (Å²) in [5, 5.41) is 8.07. The van der Waals surface area contributed by atoms with Crippen molar-refractivity contribution in [2.75, 3.05) is 6.61 Å². The molecule has 0 N–H and O–H groups in total. The third kappa shape index (κ3) is 2.02. The van der Waals surface area contributed by atoms with Crippen LogP contribution in [0.25, 0.3) is 0 Å². The van der Waals surface area contributed by atoms with Crippen molar-refractivity contribution >= 4 is 5.97 Å². The van der Waals surface area contributed by atoms with Crippen LogP contribution in [0.5, 0.6) is 0 Å². The van der Waals surface area contributed by atoms with Crippen LogP contribution in [-0.4, -0.2) is 18.2 Å². The molecular formula is C6H8FNO2. The average molecular weight is 145 g/mol. The Labute approximate surface area is 58.4 Å². The van der Waals surface area contributed by atoms with E-state index in [1.807, 2.05) is 0 Å². The van der Waals surface area contributed by atoms with Gasteiger partial charge in [-0.05, 0) is 13.8 Å². The maximum atomic E-state index is 12.6. The van der Waals surface area contributed by atoms with Gasteiger partial charge in [0, 0.05) is 0 Å². The van der Waals surface area contributed by atoms with Crippen molar-refractivity contribution in [3.63, 3.8) is 0 Å². The van der Waals surface area contributed by atoms with Crippen molar-refractivity contribution < 1.29 is 13.9 Å². The highest BCUT2D eigenvalue weighted by Gasteiger charge is 2.34. The van der Waals surface area contributed by atoms with E-state index in [0.29, 0.717) is 0 Å². The maximum absolute atomic E-state index is 12.6. The number of esters is 1. The van der Waals surface area contributed by atoms with Crippen molar-refractivity contribution in [3.8, 4) is 6.07 Å². The quantitative estimate of drug-likeness (QED) is 0.540. The third-order valence-corrected chi connectivity index (χ3v) is 0.869. The zero-order valence-corrected chi connectivity index (χ0v) is 5.85. The lowest BCUT2D eigenvalue weighted by Gasteiger charge is -2.08. The molecule has 0 spiro atoms. The standard InChI is InChI=1S/C6H8FNO2/c1-3-10-5(9)6(2,7)4-8/h3H2,1-2H3/t6-/m0/s1. The normalized spacial score (nSPS) is 15.0. The number of carbonyl (C=O) groups is 1. The van der Waals surface area contributed by atoms with Crippen LogP contribution in [0.15, 0.2) is 0 Å². The second-order valence-corrected chi connectivity index (χ2v) is 1.84. The van der Waals surface area contributed by atoms with Gasteiger partial charge in [0.1, 0.15) is 6.07 Å². The number of hydrogen-bond donors (Lipinski definition) is 0. The molecule has 10 heavy (non-hydrogen) atoms. The van der Waals surface area contributed by atoms with Crippen LogP contribution in [0.2, 0.25) is 0 Å². The molecule has 56 valence electrons.